The maximum absolute atomic E-state index is 12.6. The summed E-state index contributed by atoms with van der Waals surface area (Å²) in [6.07, 6.45) is -4.72. The molecule has 0 saturated heterocycles. The number of nitrogens with zero attached hydrogens (tertiary/aromatic N) is 4. The maximum Gasteiger partial charge on any atom is 0.434 e. The van der Waals surface area contributed by atoms with Gasteiger partial charge >= 0.3 is 6.18 Å². The van der Waals surface area contributed by atoms with Gasteiger partial charge in [-0.3, -0.25) is 0 Å². The lowest BCUT2D eigenvalue weighted by molar-refractivity contribution is -0.140. The number of nitrogens with one attached hydrogen (secondary N) is 2. The highest BCUT2D eigenvalue weighted by atomic mass is 127. The van der Waals surface area contributed by atoms with Gasteiger partial charge in [-0.25, -0.2) is 9.98 Å². The number of thiazole rings is 1. The Kier molecular flexibility index (Phi) is 10.1. The number of aliphatic imine (C=N–C) groups is 1. The van der Waals surface area contributed by atoms with Crippen molar-refractivity contribution in [1.29, 1.82) is 0 Å². The summed E-state index contributed by atoms with van der Waals surface area (Å²) in [5, 5.41) is 11.0. The Hall–Kier alpha value is -1.48. The Bertz CT molecular complexity index is 752. The summed E-state index contributed by atoms with van der Waals surface area (Å²) in [4.78, 5) is 12.1. The van der Waals surface area contributed by atoms with Crippen LogP contribution in [0.15, 0.2) is 14.9 Å². The first-order valence-electron chi connectivity index (χ1n) is 8.31. The third-order valence-corrected chi connectivity index (χ3v) is 4.08. The summed E-state index contributed by atoms with van der Waals surface area (Å²) in [6.45, 7) is 6.90. The highest BCUT2D eigenvalue weighted by Crippen LogP contribution is 2.29. The van der Waals surface area contributed by atoms with E-state index in [0.29, 0.717) is 35.8 Å². The average Bonchev–Trinajstić information content (AvgIpc) is 3.26. The van der Waals surface area contributed by atoms with E-state index >= 15 is 0 Å². The van der Waals surface area contributed by atoms with Gasteiger partial charge in [0.15, 0.2) is 17.5 Å². The predicted octanol–water partition coefficient (Wildman–Crippen LogP) is 3.52. The van der Waals surface area contributed by atoms with E-state index in [4.69, 9.17) is 9.26 Å². The van der Waals surface area contributed by atoms with Crippen LogP contribution < -0.4 is 10.6 Å². The van der Waals surface area contributed by atoms with Gasteiger partial charge in [-0.15, -0.1) is 35.3 Å². The second-order valence-corrected chi connectivity index (χ2v) is 6.26. The van der Waals surface area contributed by atoms with Crippen LogP contribution in [0, 0.1) is 0 Å². The first-order valence-corrected chi connectivity index (χ1v) is 9.19. The molecule has 2 aromatic rings. The molecular formula is C15H22F3IN6O2S. The molecule has 0 aliphatic rings. The molecule has 0 amide bonds. The molecule has 0 fully saturated rings. The molecule has 2 aromatic heterocycles. The fourth-order valence-electron chi connectivity index (χ4n) is 1.99. The Morgan fingerprint density at radius 1 is 1.32 bits per heavy atom. The van der Waals surface area contributed by atoms with Crippen LogP contribution in [0.25, 0.3) is 0 Å². The fourth-order valence-corrected chi connectivity index (χ4v) is 2.73. The lowest BCUT2D eigenvalue weighted by atomic mass is 10.4. The molecule has 0 saturated carbocycles. The molecular weight excluding hydrogens is 512 g/mol. The van der Waals surface area contributed by atoms with E-state index in [2.05, 4.69) is 30.8 Å². The molecule has 8 nitrogen and oxygen atoms in total. The Morgan fingerprint density at radius 2 is 2.07 bits per heavy atom. The van der Waals surface area contributed by atoms with Crippen molar-refractivity contribution in [2.45, 2.75) is 46.1 Å². The van der Waals surface area contributed by atoms with Crippen molar-refractivity contribution in [2.24, 2.45) is 4.99 Å². The highest BCUT2D eigenvalue weighted by Gasteiger charge is 2.33. The number of hydrogen-bond acceptors (Lipinski definition) is 7. The highest BCUT2D eigenvalue weighted by molar-refractivity contribution is 14.0. The molecule has 0 aromatic carbocycles. The second kappa shape index (κ2) is 11.5. The molecule has 13 heteroatoms. The number of ether oxygens (including phenoxy) is 1. The van der Waals surface area contributed by atoms with E-state index in [-0.39, 0.29) is 43.2 Å². The molecule has 0 aliphatic carbocycles. The van der Waals surface area contributed by atoms with Gasteiger partial charge in [0.05, 0.1) is 6.54 Å². The van der Waals surface area contributed by atoms with Gasteiger partial charge in [-0.05, 0) is 20.8 Å². The van der Waals surface area contributed by atoms with E-state index in [9.17, 15) is 13.2 Å². The molecule has 0 bridgehead atoms. The van der Waals surface area contributed by atoms with Crippen LogP contribution >= 0.6 is 35.3 Å². The third kappa shape index (κ3) is 7.50. The first-order chi connectivity index (χ1) is 12.8. The van der Waals surface area contributed by atoms with Crippen LogP contribution in [0.1, 0.15) is 49.3 Å². The smallest absolute Gasteiger partial charge is 0.371 e. The minimum atomic E-state index is -4.44. The molecule has 2 rings (SSSR count). The van der Waals surface area contributed by atoms with E-state index in [0.717, 1.165) is 16.7 Å². The number of alkyl halides is 3. The van der Waals surface area contributed by atoms with E-state index in [1.54, 1.807) is 0 Å². The van der Waals surface area contributed by atoms with Crippen molar-refractivity contribution < 1.29 is 22.4 Å². The molecule has 0 spiro atoms. The Morgan fingerprint density at radius 3 is 2.68 bits per heavy atom. The topological polar surface area (TPSA) is 97.5 Å². The lowest BCUT2D eigenvalue weighted by Crippen LogP contribution is -2.36. The Labute approximate surface area is 181 Å². The third-order valence-electron chi connectivity index (χ3n) is 3.23. The predicted molar refractivity (Wildman–Crippen MR) is 109 cm³/mol. The van der Waals surface area contributed by atoms with Crippen LogP contribution in [0.5, 0.6) is 0 Å². The summed E-state index contributed by atoms with van der Waals surface area (Å²) in [6, 6.07) is 0. The maximum atomic E-state index is 12.6. The molecule has 28 heavy (non-hydrogen) atoms. The van der Waals surface area contributed by atoms with Gasteiger partial charge in [0.2, 0.25) is 5.89 Å². The van der Waals surface area contributed by atoms with Crippen molar-refractivity contribution in [1.82, 2.24) is 25.8 Å². The SMILES string of the molecule is CCNC(=NCc1nc(C(C)OCC)no1)NCc1nc(C(F)(F)F)cs1.I. The summed E-state index contributed by atoms with van der Waals surface area (Å²) in [5.74, 6) is 1.14. The number of aromatic nitrogens is 3. The van der Waals surface area contributed by atoms with Crippen LogP contribution in [0.2, 0.25) is 0 Å². The summed E-state index contributed by atoms with van der Waals surface area (Å²) in [7, 11) is 0. The fraction of sp³-hybridized carbons (Fsp3) is 0.600. The number of halogens is 4. The minimum absolute atomic E-state index is 0. The zero-order valence-electron chi connectivity index (χ0n) is 15.5. The molecule has 2 heterocycles. The van der Waals surface area contributed by atoms with Gasteiger partial charge in [-0.2, -0.15) is 18.2 Å². The molecule has 0 aliphatic heterocycles. The van der Waals surface area contributed by atoms with Gasteiger partial charge in [0.1, 0.15) is 17.7 Å². The zero-order chi connectivity index (χ0) is 19.9. The second-order valence-electron chi connectivity index (χ2n) is 5.32. The molecule has 1 atom stereocenters. The average molecular weight is 534 g/mol. The molecule has 158 valence electrons. The lowest BCUT2D eigenvalue weighted by Gasteiger charge is -2.09. The van der Waals surface area contributed by atoms with Crippen LogP contribution in [-0.2, 0) is 24.0 Å². The van der Waals surface area contributed by atoms with Gasteiger partial charge < -0.3 is 19.9 Å². The van der Waals surface area contributed by atoms with Crippen molar-refractivity contribution >= 4 is 41.3 Å². The van der Waals surface area contributed by atoms with Gasteiger partial charge in [0, 0.05) is 18.5 Å². The molecule has 1 unspecified atom stereocenters. The van der Waals surface area contributed by atoms with Gasteiger partial charge in [0.25, 0.3) is 0 Å². The van der Waals surface area contributed by atoms with Crippen molar-refractivity contribution in [3.8, 4) is 0 Å². The molecule has 2 N–H and O–H groups in total. The van der Waals surface area contributed by atoms with Crippen LogP contribution in [0.4, 0.5) is 13.2 Å². The summed E-state index contributed by atoms with van der Waals surface area (Å²) in [5.41, 5.74) is -0.895. The van der Waals surface area contributed by atoms with Crippen molar-refractivity contribution in [3.05, 3.63) is 27.8 Å². The summed E-state index contributed by atoms with van der Waals surface area (Å²) < 4.78 is 48.3. The first kappa shape index (κ1) is 24.6. The van der Waals surface area contributed by atoms with E-state index < -0.39 is 11.9 Å². The van der Waals surface area contributed by atoms with Crippen molar-refractivity contribution in [2.75, 3.05) is 13.2 Å². The van der Waals surface area contributed by atoms with Crippen LogP contribution in [0.3, 0.4) is 0 Å². The number of rotatable bonds is 8. The van der Waals surface area contributed by atoms with Crippen LogP contribution in [-0.4, -0.2) is 34.2 Å². The standard InChI is InChI=1S/C15H21F3N6O2S.HI/c1-4-19-14(21-7-12-22-10(8-27-12)15(16,17)18)20-6-11-23-13(24-26-11)9(3)25-5-2;/h8-9H,4-7H2,1-3H3,(H2,19,20,21);1H. The normalized spacial score (nSPS) is 13.1. The van der Waals surface area contributed by atoms with E-state index in [1.165, 1.54) is 0 Å². The number of guanidine groups is 1. The largest absolute Gasteiger partial charge is 0.434 e. The minimum Gasteiger partial charge on any atom is -0.371 e. The van der Waals surface area contributed by atoms with Crippen molar-refractivity contribution in [3.63, 3.8) is 0 Å². The Balaban J connectivity index is 0.00000392. The molecule has 0 radical (unpaired) electrons. The zero-order valence-corrected chi connectivity index (χ0v) is 18.7. The number of hydrogen-bond donors (Lipinski definition) is 2. The summed E-state index contributed by atoms with van der Waals surface area (Å²) >= 11 is 0.931. The van der Waals surface area contributed by atoms with E-state index in [1.807, 2.05) is 20.8 Å². The van der Waals surface area contributed by atoms with Gasteiger partial charge in [-0.1, -0.05) is 5.16 Å². The monoisotopic (exact) mass is 534 g/mol. The quantitative estimate of drug-likeness (QED) is 0.304.